The van der Waals surface area contributed by atoms with Crippen LogP contribution in [0.1, 0.15) is 88.0 Å². The van der Waals surface area contributed by atoms with Crippen LogP contribution in [0.3, 0.4) is 0 Å². The fraction of sp³-hybridized carbons (Fsp3) is 0.931. The summed E-state index contributed by atoms with van der Waals surface area (Å²) >= 11 is 0. The SMILES string of the molecule is C[C@H]1[C@H](B(C/C=C/O[Si](C)(C)C(C)(C)C)[C@@H]2C[C@H]3C[C@@H]([C@H]2C)C3(C)C)C[C@H]2C[C@@H]1C2(C)C. The summed E-state index contributed by atoms with van der Waals surface area (Å²) in [6, 6.07) is 0. The largest absolute Gasteiger partial charge is 0.549 e. The molecular formula is C29H53BOSi. The van der Waals surface area contributed by atoms with Crippen molar-refractivity contribution in [2.45, 2.75) is 124 Å². The van der Waals surface area contributed by atoms with Crippen LogP contribution < -0.4 is 0 Å². The minimum absolute atomic E-state index is 0.270. The summed E-state index contributed by atoms with van der Waals surface area (Å²) in [5, 5.41) is 0.270. The third kappa shape index (κ3) is 3.79. The van der Waals surface area contributed by atoms with Crippen molar-refractivity contribution in [3.05, 3.63) is 12.3 Å². The molecule has 6 fully saturated rings. The summed E-state index contributed by atoms with van der Waals surface area (Å²) in [6.45, 7) is 28.1. The van der Waals surface area contributed by atoms with Crippen molar-refractivity contribution < 1.29 is 4.43 Å². The van der Waals surface area contributed by atoms with Crippen LogP contribution in [0.4, 0.5) is 0 Å². The Bertz CT molecular complexity index is 690. The van der Waals surface area contributed by atoms with E-state index in [2.05, 4.69) is 87.7 Å². The molecule has 0 aliphatic heterocycles. The van der Waals surface area contributed by atoms with E-state index in [4.69, 9.17) is 4.43 Å². The van der Waals surface area contributed by atoms with Gasteiger partial charge in [0.25, 0.3) is 0 Å². The quantitative estimate of drug-likeness (QED) is 0.286. The van der Waals surface area contributed by atoms with Gasteiger partial charge in [0.1, 0.15) is 0 Å². The van der Waals surface area contributed by atoms with E-state index in [9.17, 15) is 0 Å². The Kier molecular flexibility index (Phi) is 6.17. The van der Waals surface area contributed by atoms with Crippen molar-refractivity contribution in [3.63, 3.8) is 0 Å². The Morgan fingerprint density at radius 3 is 1.62 bits per heavy atom. The highest BCUT2D eigenvalue weighted by Crippen LogP contribution is 2.69. The van der Waals surface area contributed by atoms with Crippen molar-refractivity contribution in [2.75, 3.05) is 0 Å². The molecule has 0 heterocycles. The molecule has 0 radical (unpaired) electrons. The molecule has 32 heavy (non-hydrogen) atoms. The van der Waals surface area contributed by atoms with E-state index >= 15 is 0 Å². The van der Waals surface area contributed by atoms with Gasteiger partial charge in [-0.25, -0.2) is 0 Å². The molecule has 3 heteroatoms. The molecule has 0 spiro atoms. The van der Waals surface area contributed by atoms with Gasteiger partial charge in [0.2, 0.25) is 8.32 Å². The normalized spacial score (nSPS) is 42.2. The maximum atomic E-state index is 6.46. The predicted octanol–water partition coefficient (Wildman–Crippen LogP) is 9.16. The van der Waals surface area contributed by atoms with Crippen molar-refractivity contribution >= 4 is 15.0 Å². The smallest absolute Gasteiger partial charge is 0.249 e. The Morgan fingerprint density at radius 2 is 1.28 bits per heavy atom. The summed E-state index contributed by atoms with van der Waals surface area (Å²) in [4.78, 5) is 0. The Balaban J connectivity index is 1.51. The summed E-state index contributed by atoms with van der Waals surface area (Å²) in [5.74, 6) is 7.43. The van der Waals surface area contributed by atoms with Gasteiger partial charge in [0, 0.05) is 0 Å². The maximum Gasteiger partial charge on any atom is 0.249 e. The topological polar surface area (TPSA) is 9.23 Å². The van der Waals surface area contributed by atoms with Crippen LogP contribution in [-0.4, -0.2) is 15.0 Å². The summed E-state index contributed by atoms with van der Waals surface area (Å²) in [7, 11) is -1.72. The average molecular weight is 457 g/mol. The lowest BCUT2D eigenvalue weighted by Gasteiger charge is -2.66. The van der Waals surface area contributed by atoms with Gasteiger partial charge in [-0.3, -0.25) is 0 Å². The minimum atomic E-state index is -1.72. The molecule has 6 rings (SSSR count). The summed E-state index contributed by atoms with van der Waals surface area (Å²) in [5.41, 5.74) is 1.17. The van der Waals surface area contributed by atoms with Crippen molar-refractivity contribution in [3.8, 4) is 0 Å². The Morgan fingerprint density at radius 1 is 0.844 bits per heavy atom. The minimum Gasteiger partial charge on any atom is -0.549 e. The third-order valence-corrected chi connectivity index (χ3v) is 16.9. The van der Waals surface area contributed by atoms with Gasteiger partial charge in [0.05, 0.1) is 6.26 Å². The molecule has 1 nitrogen and oxygen atoms in total. The highest BCUT2D eigenvalue weighted by atomic mass is 28.4. The van der Waals surface area contributed by atoms with E-state index in [-0.39, 0.29) is 5.04 Å². The molecule has 0 saturated heterocycles. The van der Waals surface area contributed by atoms with Crippen LogP contribution in [0.25, 0.3) is 0 Å². The van der Waals surface area contributed by atoms with Crippen molar-refractivity contribution in [2.24, 2.45) is 46.3 Å². The van der Waals surface area contributed by atoms with E-state index in [1.54, 1.807) is 0 Å². The molecule has 6 aliphatic carbocycles. The molecule has 0 N–H and O–H groups in total. The number of rotatable bonds is 6. The lowest BCUT2D eigenvalue weighted by molar-refractivity contribution is -0.107. The highest BCUT2D eigenvalue weighted by molar-refractivity contribution is 6.74. The van der Waals surface area contributed by atoms with Crippen LogP contribution in [-0.2, 0) is 4.43 Å². The second-order valence-electron chi connectivity index (χ2n) is 15.4. The first kappa shape index (κ1) is 24.9. The fourth-order valence-corrected chi connectivity index (χ4v) is 9.57. The first-order valence-corrected chi connectivity index (χ1v) is 16.8. The average Bonchev–Trinajstić information content (AvgIpc) is 2.67. The Hall–Kier alpha value is -0.178. The number of hydrogen-bond acceptors (Lipinski definition) is 1. The lowest BCUT2D eigenvalue weighted by Crippen LogP contribution is -2.59. The van der Waals surface area contributed by atoms with Crippen LogP contribution in [0.2, 0.25) is 36.1 Å². The molecule has 182 valence electrons. The molecule has 0 aromatic carbocycles. The molecule has 0 aromatic rings. The first-order valence-electron chi connectivity index (χ1n) is 13.9. The van der Waals surface area contributed by atoms with Gasteiger partial charge in [-0.15, -0.1) is 0 Å². The molecule has 0 aromatic heterocycles. The monoisotopic (exact) mass is 456 g/mol. The number of hydrogen-bond donors (Lipinski definition) is 0. The second kappa shape index (κ2) is 7.92. The van der Waals surface area contributed by atoms with Gasteiger partial charge in [0.15, 0.2) is 6.71 Å². The zero-order valence-electron chi connectivity index (χ0n) is 23.3. The second-order valence-corrected chi connectivity index (χ2v) is 20.1. The maximum absolute atomic E-state index is 6.46. The zero-order chi connectivity index (χ0) is 23.9. The fourth-order valence-electron chi connectivity index (χ4n) is 8.78. The highest BCUT2D eigenvalue weighted by Gasteiger charge is 2.62. The van der Waals surface area contributed by atoms with Gasteiger partial charge >= 0.3 is 0 Å². The number of fused-ring (bicyclic) bond motifs is 4. The molecule has 6 saturated carbocycles. The van der Waals surface area contributed by atoms with E-state index < -0.39 is 8.32 Å². The van der Waals surface area contributed by atoms with Crippen molar-refractivity contribution in [1.29, 1.82) is 0 Å². The van der Waals surface area contributed by atoms with E-state index in [0.717, 1.165) is 53.9 Å². The van der Waals surface area contributed by atoms with Crippen LogP contribution in [0.15, 0.2) is 12.3 Å². The van der Waals surface area contributed by atoms with Crippen LogP contribution >= 0.6 is 0 Å². The molecule has 0 unspecified atom stereocenters. The van der Waals surface area contributed by atoms with E-state index in [1.165, 1.54) is 32.0 Å². The molecule has 6 aliphatic rings. The first-order chi connectivity index (χ1) is 14.6. The zero-order valence-corrected chi connectivity index (χ0v) is 24.3. The van der Waals surface area contributed by atoms with Gasteiger partial charge in [-0.2, -0.15) is 0 Å². The number of allylic oxidation sites excluding steroid dienone is 1. The lowest BCUT2D eigenvalue weighted by atomic mass is 9.20. The van der Waals surface area contributed by atoms with E-state index in [0.29, 0.717) is 10.8 Å². The van der Waals surface area contributed by atoms with Crippen LogP contribution in [0, 0.1) is 46.3 Å². The summed E-state index contributed by atoms with van der Waals surface area (Å²) in [6.07, 6.45) is 11.8. The van der Waals surface area contributed by atoms with Gasteiger partial charge in [-0.1, -0.05) is 99.2 Å². The molecule has 8 atom stereocenters. The third-order valence-electron chi connectivity index (χ3n) is 12.6. The van der Waals surface area contributed by atoms with Crippen molar-refractivity contribution in [1.82, 2.24) is 0 Å². The molecular weight excluding hydrogens is 403 g/mol. The Labute approximate surface area is 202 Å². The van der Waals surface area contributed by atoms with Crippen LogP contribution in [0.5, 0.6) is 0 Å². The van der Waals surface area contributed by atoms with Gasteiger partial charge in [-0.05, 0) is 77.3 Å². The predicted molar refractivity (Wildman–Crippen MR) is 144 cm³/mol. The molecule has 4 bridgehead atoms. The van der Waals surface area contributed by atoms with E-state index in [1.807, 2.05) is 0 Å². The molecule has 0 amide bonds. The summed E-state index contributed by atoms with van der Waals surface area (Å²) < 4.78 is 6.46. The standard InChI is InChI=1S/C29H53BOSi/c1-19-23-15-21(28(23,6)7)17-25(19)30(13-12-14-31-32(10,11)27(3,4)5)26-18-22-16-24(20(26)2)29(22,8)9/h12,14,19-26H,13,15-18H2,1-11H3/b14-12+/t19-,20-,21-,22-,23+,24+,25-,26-/m1/s1. The van der Waals surface area contributed by atoms with Gasteiger partial charge < -0.3 is 4.43 Å².